The number of hydrogen-bond acceptors (Lipinski definition) is 8. The summed E-state index contributed by atoms with van der Waals surface area (Å²) in [5.74, 6) is 1.85. The summed E-state index contributed by atoms with van der Waals surface area (Å²) in [4.78, 5) is 13.8. The molecule has 1 fully saturated rings. The van der Waals surface area contributed by atoms with E-state index in [2.05, 4.69) is 19.8 Å². The highest BCUT2D eigenvalue weighted by Gasteiger charge is 2.21. The van der Waals surface area contributed by atoms with Crippen molar-refractivity contribution in [2.24, 2.45) is 0 Å². The van der Waals surface area contributed by atoms with E-state index >= 15 is 0 Å². The highest BCUT2D eigenvalue weighted by molar-refractivity contribution is 7.91. The molecule has 0 aliphatic carbocycles. The summed E-state index contributed by atoms with van der Waals surface area (Å²) in [7, 11) is -1.82. The van der Waals surface area contributed by atoms with Crippen LogP contribution in [0.2, 0.25) is 0 Å². The molecule has 1 aliphatic rings. The molecular weight excluding hydrogens is 414 g/mol. The number of sulfone groups is 1. The molecule has 3 aromatic rings. The van der Waals surface area contributed by atoms with E-state index in [1.54, 1.807) is 24.3 Å². The number of aromatic nitrogens is 2. The number of piperazine rings is 1. The molecule has 0 atom stereocenters. The van der Waals surface area contributed by atoms with E-state index in [0.717, 1.165) is 37.1 Å². The van der Waals surface area contributed by atoms with Crippen LogP contribution in [0.4, 0.5) is 5.82 Å². The number of ether oxygens (including phenoxy) is 1. The van der Waals surface area contributed by atoms with Crippen LogP contribution in [0.15, 0.2) is 53.4 Å². The third-order valence-corrected chi connectivity index (χ3v) is 7.28. The quantitative estimate of drug-likeness (QED) is 0.592. The first kappa shape index (κ1) is 21.5. The van der Waals surface area contributed by atoms with Crippen molar-refractivity contribution in [1.29, 1.82) is 0 Å². The lowest BCUT2D eigenvalue weighted by Crippen LogP contribution is -2.47. The first-order valence-corrected chi connectivity index (χ1v) is 11.9. The summed E-state index contributed by atoms with van der Waals surface area (Å²) in [5, 5.41) is 0.869. The molecule has 0 spiro atoms. The molecule has 1 saturated heterocycles. The molecule has 0 amide bonds. The van der Waals surface area contributed by atoms with Gasteiger partial charge in [0.2, 0.25) is 0 Å². The lowest BCUT2D eigenvalue weighted by Gasteiger charge is -2.34. The van der Waals surface area contributed by atoms with Crippen molar-refractivity contribution in [3.8, 4) is 5.75 Å². The maximum absolute atomic E-state index is 12.7. The van der Waals surface area contributed by atoms with E-state index in [1.165, 1.54) is 7.11 Å². The van der Waals surface area contributed by atoms with Gasteiger partial charge in [0.1, 0.15) is 17.4 Å². The van der Waals surface area contributed by atoms with Crippen LogP contribution in [0.3, 0.4) is 0 Å². The van der Waals surface area contributed by atoms with Gasteiger partial charge >= 0.3 is 0 Å². The van der Waals surface area contributed by atoms with Crippen LogP contribution < -0.4 is 10.5 Å². The normalized spacial score (nSPS) is 15.9. The molecule has 2 N–H and O–H groups in total. The van der Waals surface area contributed by atoms with Gasteiger partial charge in [-0.25, -0.2) is 18.4 Å². The second-order valence-corrected chi connectivity index (χ2v) is 9.77. The van der Waals surface area contributed by atoms with Gasteiger partial charge in [-0.05, 0) is 30.3 Å². The standard InChI is InChI=1S/C22H27N5O3S/c1-30-17-5-4-6-18(15-17)31(28,29)14-13-26-9-11-27(12-10-26)16-21-24-20-8-3-2-7-19(20)22(23)25-21/h2-8,15H,9-14,16H2,1H3,(H2,23,24,25). The Morgan fingerprint density at radius 2 is 1.74 bits per heavy atom. The Labute approximate surface area is 182 Å². The maximum atomic E-state index is 12.7. The molecular formula is C22H27N5O3S. The van der Waals surface area contributed by atoms with E-state index in [1.807, 2.05) is 24.3 Å². The van der Waals surface area contributed by atoms with Gasteiger partial charge in [-0.3, -0.25) is 9.80 Å². The summed E-state index contributed by atoms with van der Waals surface area (Å²) < 4.78 is 30.5. The van der Waals surface area contributed by atoms with Gasteiger partial charge < -0.3 is 10.5 Å². The average Bonchev–Trinajstić information content (AvgIpc) is 2.79. The summed E-state index contributed by atoms with van der Waals surface area (Å²) >= 11 is 0. The number of para-hydroxylation sites is 1. The SMILES string of the molecule is COc1cccc(S(=O)(=O)CCN2CCN(Cc3nc(N)c4ccccc4n3)CC2)c1. The predicted octanol–water partition coefficient (Wildman–Crippen LogP) is 1.81. The third-order valence-electron chi connectivity index (χ3n) is 5.59. The molecule has 0 saturated carbocycles. The minimum absolute atomic E-state index is 0.0878. The number of rotatable bonds is 7. The zero-order valence-electron chi connectivity index (χ0n) is 17.6. The van der Waals surface area contributed by atoms with E-state index < -0.39 is 9.84 Å². The lowest BCUT2D eigenvalue weighted by molar-refractivity contribution is 0.130. The molecule has 2 heterocycles. The van der Waals surface area contributed by atoms with Crippen molar-refractivity contribution in [2.45, 2.75) is 11.4 Å². The summed E-state index contributed by atoms with van der Waals surface area (Å²) in [6.07, 6.45) is 0. The van der Waals surface area contributed by atoms with Crippen LogP contribution in [-0.4, -0.2) is 73.8 Å². The van der Waals surface area contributed by atoms with Crippen LogP contribution in [0, 0.1) is 0 Å². The largest absolute Gasteiger partial charge is 0.497 e. The fourth-order valence-electron chi connectivity index (χ4n) is 3.75. The van der Waals surface area contributed by atoms with Crippen LogP contribution in [0.25, 0.3) is 10.9 Å². The van der Waals surface area contributed by atoms with E-state index in [0.29, 0.717) is 35.4 Å². The Balaban J connectivity index is 1.31. The molecule has 0 bridgehead atoms. The Bertz CT molecular complexity index is 1160. The van der Waals surface area contributed by atoms with Gasteiger partial charge in [0.05, 0.1) is 29.8 Å². The fourth-order valence-corrected chi connectivity index (χ4v) is 5.07. The van der Waals surface area contributed by atoms with Crippen LogP contribution in [0.5, 0.6) is 5.75 Å². The Morgan fingerprint density at radius 1 is 1.00 bits per heavy atom. The van der Waals surface area contributed by atoms with Crippen molar-refractivity contribution < 1.29 is 13.2 Å². The van der Waals surface area contributed by atoms with Crippen molar-refractivity contribution in [3.05, 3.63) is 54.4 Å². The van der Waals surface area contributed by atoms with Crippen molar-refractivity contribution in [3.63, 3.8) is 0 Å². The van der Waals surface area contributed by atoms with Crippen LogP contribution >= 0.6 is 0 Å². The van der Waals surface area contributed by atoms with Crippen LogP contribution in [0.1, 0.15) is 5.82 Å². The Hall–Kier alpha value is -2.75. The Kier molecular flexibility index (Phi) is 6.35. The predicted molar refractivity (Wildman–Crippen MR) is 121 cm³/mol. The first-order chi connectivity index (χ1) is 14.9. The maximum Gasteiger partial charge on any atom is 0.179 e. The second-order valence-electron chi connectivity index (χ2n) is 7.66. The van der Waals surface area contributed by atoms with Gasteiger partial charge in [0.15, 0.2) is 9.84 Å². The third kappa shape index (κ3) is 5.12. The molecule has 31 heavy (non-hydrogen) atoms. The second kappa shape index (κ2) is 9.17. The summed E-state index contributed by atoms with van der Waals surface area (Å²) in [6.45, 7) is 4.40. The number of anilines is 1. The van der Waals surface area contributed by atoms with Crippen molar-refractivity contribution in [2.75, 3.05) is 51.3 Å². The minimum Gasteiger partial charge on any atom is -0.497 e. The fraction of sp³-hybridized carbons (Fsp3) is 0.364. The summed E-state index contributed by atoms with van der Waals surface area (Å²) in [6, 6.07) is 14.4. The zero-order valence-corrected chi connectivity index (χ0v) is 18.4. The number of nitrogens with zero attached hydrogens (tertiary/aromatic N) is 4. The van der Waals surface area contributed by atoms with Gasteiger partial charge in [-0.15, -0.1) is 0 Å². The molecule has 1 aromatic heterocycles. The Morgan fingerprint density at radius 3 is 2.52 bits per heavy atom. The number of benzene rings is 2. The first-order valence-electron chi connectivity index (χ1n) is 10.3. The van der Waals surface area contributed by atoms with E-state index in [9.17, 15) is 8.42 Å². The van der Waals surface area contributed by atoms with Crippen LogP contribution in [-0.2, 0) is 16.4 Å². The highest BCUT2D eigenvalue weighted by atomic mass is 32.2. The van der Waals surface area contributed by atoms with Gasteiger partial charge in [-0.2, -0.15) is 0 Å². The van der Waals surface area contributed by atoms with Crippen molar-refractivity contribution in [1.82, 2.24) is 19.8 Å². The van der Waals surface area contributed by atoms with E-state index in [-0.39, 0.29) is 5.75 Å². The molecule has 8 nitrogen and oxygen atoms in total. The molecule has 9 heteroatoms. The molecule has 1 aliphatic heterocycles. The van der Waals surface area contributed by atoms with Gasteiger partial charge in [0.25, 0.3) is 0 Å². The molecule has 2 aromatic carbocycles. The molecule has 0 radical (unpaired) electrons. The average molecular weight is 442 g/mol. The number of fused-ring (bicyclic) bond motifs is 1. The highest BCUT2D eigenvalue weighted by Crippen LogP contribution is 2.20. The number of methoxy groups -OCH3 is 1. The zero-order chi connectivity index (χ0) is 21.8. The van der Waals surface area contributed by atoms with Crippen molar-refractivity contribution >= 4 is 26.6 Å². The molecule has 164 valence electrons. The monoisotopic (exact) mass is 441 g/mol. The lowest BCUT2D eigenvalue weighted by atomic mass is 10.2. The van der Waals surface area contributed by atoms with Gasteiger partial charge in [-0.1, -0.05) is 18.2 Å². The van der Waals surface area contributed by atoms with Gasteiger partial charge in [0, 0.05) is 38.1 Å². The molecule has 0 unspecified atom stereocenters. The number of nitrogens with two attached hydrogens (primary N) is 1. The number of nitrogen functional groups attached to an aromatic ring is 1. The minimum atomic E-state index is -3.35. The topological polar surface area (TPSA) is 102 Å². The summed E-state index contributed by atoms with van der Waals surface area (Å²) in [5.41, 5.74) is 6.94. The van der Waals surface area contributed by atoms with E-state index in [4.69, 9.17) is 10.5 Å². The smallest absolute Gasteiger partial charge is 0.179 e. The molecule has 4 rings (SSSR count). The number of hydrogen-bond donors (Lipinski definition) is 1.